The summed E-state index contributed by atoms with van der Waals surface area (Å²) in [4.78, 5) is 16.0. The number of nitrogens with zero attached hydrogens (tertiary/aromatic N) is 3. The maximum Gasteiger partial charge on any atom is 0.291 e. The van der Waals surface area contributed by atoms with E-state index in [4.69, 9.17) is 0 Å². The first kappa shape index (κ1) is 14.4. The van der Waals surface area contributed by atoms with Gasteiger partial charge in [0.25, 0.3) is 5.91 Å². The fraction of sp³-hybridized carbons (Fsp3) is 0.133. The van der Waals surface area contributed by atoms with Crippen LogP contribution in [0.1, 0.15) is 22.3 Å². The minimum atomic E-state index is -0.730. The molecular formula is C15H14N4O2S. The van der Waals surface area contributed by atoms with Crippen LogP contribution in [0.2, 0.25) is 0 Å². The third kappa shape index (κ3) is 3.21. The van der Waals surface area contributed by atoms with Crippen molar-refractivity contribution in [2.75, 3.05) is 6.54 Å². The predicted molar refractivity (Wildman–Crippen MR) is 83.0 cm³/mol. The number of para-hydroxylation sites is 1. The fourth-order valence-corrected chi connectivity index (χ4v) is 2.63. The van der Waals surface area contributed by atoms with Gasteiger partial charge in [0.2, 0.25) is 5.82 Å². The second-order valence-electron chi connectivity index (χ2n) is 4.63. The number of amides is 1. The molecule has 112 valence electrons. The Hall–Kier alpha value is -2.51. The van der Waals surface area contributed by atoms with Crippen molar-refractivity contribution in [3.05, 3.63) is 64.9 Å². The second-order valence-corrected chi connectivity index (χ2v) is 5.41. The van der Waals surface area contributed by atoms with Crippen molar-refractivity contribution >= 4 is 17.2 Å². The lowest BCUT2D eigenvalue weighted by molar-refractivity contribution is 0.0906. The molecule has 0 fully saturated rings. The molecule has 0 spiro atoms. The number of aliphatic hydroxyl groups excluding tert-OH is 1. The summed E-state index contributed by atoms with van der Waals surface area (Å²) in [7, 11) is 0. The molecule has 0 saturated heterocycles. The van der Waals surface area contributed by atoms with Gasteiger partial charge in [-0.2, -0.15) is 11.3 Å². The molecule has 3 aromatic rings. The molecule has 0 aliphatic rings. The van der Waals surface area contributed by atoms with Gasteiger partial charge < -0.3 is 10.4 Å². The first-order valence-corrected chi connectivity index (χ1v) is 7.64. The summed E-state index contributed by atoms with van der Waals surface area (Å²) in [5, 5.41) is 20.4. The summed E-state index contributed by atoms with van der Waals surface area (Å²) < 4.78 is 1.53. The van der Waals surface area contributed by atoms with E-state index in [1.165, 1.54) is 22.3 Å². The van der Waals surface area contributed by atoms with Crippen molar-refractivity contribution < 1.29 is 9.90 Å². The zero-order chi connectivity index (χ0) is 15.4. The maximum atomic E-state index is 12.0. The third-order valence-corrected chi connectivity index (χ3v) is 3.80. The van der Waals surface area contributed by atoms with Gasteiger partial charge in [0.1, 0.15) is 6.33 Å². The van der Waals surface area contributed by atoms with E-state index < -0.39 is 12.0 Å². The second kappa shape index (κ2) is 6.50. The smallest absolute Gasteiger partial charge is 0.291 e. The Bertz CT molecular complexity index is 740. The molecule has 3 rings (SSSR count). The Labute approximate surface area is 131 Å². The lowest BCUT2D eigenvalue weighted by Crippen LogP contribution is -2.29. The number of aliphatic hydroxyl groups is 1. The number of benzene rings is 1. The Balaban J connectivity index is 1.62. The monoisotopic (exact) mass is 314 g/mol. The molecule has 0 saturated carbocycles. The van der Waals surface area contributed by atoms with Gasteiger partial charge in [-0.3, -0.25) is 4.79 Å². The molecule has 0 aliphatic heterocycles. The van der Waals surface area contributed by atoms with Gasteiger partial charge in [0, 0.05) is 6.54 Å². The van der Waals surface area contributed by atoms with Crippen LogP contribution in [0.4, 0.5) is 0 Å². The van der Waals surface area contributed by atoms with Gasteiger partial charge >= 0.3 is 0 Å². The summed E-state index contributed by atoms with van der Waals surface area (Å²) in [6, 6.07) is 11.2. The van der Waals surface area contributed by atoms with Crippen molar-refractivity contribution in [1.29, 1.82) is 0 Å². The van der Waals surface area contributed by atoms with Gasteiger partial charge in [-0.15, -0.1) is 5.10 Å². The van der Waals surface area contributed by atoms with E-state index in [9.17, 15) is 9.90 Å². The van der Waals surface area contributed by atoms with Gasteiger partial charge in [-0.25, -0.2) is 9.67 Å². The molecule has 1 amide bonds. The van der Waals surface area contributed by atoms with E-state index in [0.717, 1.165) is 11.3 Å². The predicted octanol–water partition coefficient (Wildman–Crippen LogP) is 1.79. The van der Waals surface area contributed by atoms with Crippen molar-refractivity contribution in [2.45, 2.75) is 6.10 Å². The quantitative estimate of drug-likeness (QED) is 0.752. The Morgan fingerprint density at radius 3 is 2.86 bits per heavy atom. The number of hydrogen-bond donors (Lipinski definition) is 2. The van der Waals surface area contributed by atoms with Crippen LogP contribution in [0.3, 0.4) is 0 Å². The number of rotatable bonds is 5. The van der Waals surface area contributed by atoms with Crippen molar-refractivity contribution in [3.8, 4) is 5.69 Å². The standard InChI is InChI=1S/C15H14N4O2S/c20-13(11-6-7-22-9-11)8-16-15(21)14-17-10-19(18-14)12-4-2-1-3-5-12/h1-7,9-10,13,20H,8H2,(H,16,21). The van der Waals surface area contributed by atoms with Crippen LogP contribution < -0.4 is 5.32 Å². The number of carbonyl (C=O) groups is 1. The molecule has 2 aromatic heterocycles. The van der Waals surface area contributed by atoms with Crippen LogP contribution in [0, 0.1) is 0 Å². The highest BCUT2D eigenvalue weighted by Crippen LogP contribution is 2.15. The van der Waals surface area contributed by atoms with E-state index >= 15 is 0 Å². The van der Waals surface area contributed by atoms with Crippen LogP contribution in [0.25, 0.3) is 5.69 Å². The van der Waals surface area contributed by atoms with Gasteiger partial charge in [-0.05, 0) is 34.5 Å². The zero-order valence-electron chi connectivity index (χ0n) is 11.6. The number of aromatic nitrogens is 3. The summed E-state index contributed by atoms with van der Waals surface area (Å²) in [5.41, 5.74) is 1.61. The summed E-state index contributed by atoms with van der Waals surface area (Å²) in [6.07, 6.45) is 0.755. The van der Waals surface area contributed by atoms with Crippen molar-refractivity contribution in [1.82, 2.24) is 20.1 Å². The minimum Gasteiger partial charge on any atom is -0.387 e. The van der Waals surface area contributed by atoms with Crippen LogP contribution in [-0.4, -0.2) is 32.3 Å². The van der Waals surface area contributed by atoms with E-state index in [0.29, 0.717) is 0 Å². The molecule has 0 radical (unpaired) electrons. The van der Waals surface area contributed by atoms with E-state index in [-0.39, 0.29) is 12.4 Å². The number of nitrogens with one attached hydrogen (secondary N) is 1. The van der Waals surface area contributed by atoms with E-state index in [1.54, 1.807) is 0 Å². The zero-order valence-corrected chi connectivity index (χ0v) is 12.4. The first-order chi connectivity index (χ1) is 10.7. The molecule has 2 heterocycles. The van der Waals surface area contributed by atoms with Gasteiger partial charge in [0.05, 0.1) is 11.8 Å². The van der Waals surface area contributed by atoms with Gasteiger partial charge in [0.15, 0.2) is 0 Å². The van der Waals surface area contributed by atoms with Gasteiger partial charge in [-0.1, -0.05) is 18.2 Å². The molecule has 1 aromatic carbocycles. The highest BCUT2D eigenvalue weighted by Gasteiger charge is 2.14. The maximum absolute atomic E-state index is 12.0. The SMILES string of the molecule is O=C(NCC(O)c1ccsc1)c1ncn(-c2ccccc2)n1. The minimum absolute atomic E-state index is 0.0707. The van der Waals surface area contributed by atoms with Crippen LogP contribution >= 0.6 is 11.3 Å². The van der Waals surface area contributed by atoms with Crippen LogP contribution in [0.15, 0.2) is 53.5 Å². The average Bonchev–Trinajstić information content (AvgIpc) is 3.24. The molecule has 1 atom stereocenters. The normalized spacial score (nSPS) is 12.0. The molecule has 22 heavy (non-hydrogen) atoms. The number of hydrogen-bond acceptors (Lipinski definition) is 5. The third-order valence-electron chi connectivity index (χ3n) is 3.10. The lowest BCUT2D eigenvalue weighted by Gasteiger charge is -2.09. The largest absolute Gasteiger partial charge is 0.387 e. The van der Waals surface area contributed by atoms with Crippen LogP contribution in [0.5, 0.6) is 0 Å². The summed E-state index contributed by atoms with van der Waals surface area (Å²) >= 11 is 1.50. The van der Waals surface area contributed by atoms with Crippen LogP contribution in [-0.2, 0) is 0 Å². The summed E-state index contributed by atoms with van der Waals surface area (Å²) in [5.74, 6) is -0.342. The number of thiophene rings is 1. The Morgan fingerprint density at radius 1 is 1.32 bits per heavy atom. The van der Waals surface area contributed by atoms with E-state index in [2.05, 4.69) is 15.4 Å². The molecule has 6 nitrogen and oxygen atoms in total. The molecule has 7 heteroatoms. The Morgan fingerprint density at radius 2 is 2.14 bits per heavy atom. The van der Waals surface area contributed by atoms with E-state index in [1.807, 2.05) is 47.2 Å². The highest BCUT2D eigenvalue weighted by molar-refractivity contribution is 7.07. The Kier molecular flexibility index (Phi) is 4.27. The molecule has 2 N–H and O–H groups in total. The lowest BCUT2D eigenvalue weighted by atomic mass is 10.2. The highest BCUT2D eigenvalue weighted by atomic mass is 32.1. The average molecular weight is 314 g/mol. The molecule has 0 aliphatic carbocycles. The molecule has 0 bridgehead atoms. The van der Waals surface area contributed by atoms with Crippen molar-refractivity contribution in [2.24, 2.45) is 0 Å². The molecule has 1 unspecified atom stereocenters. The summed E-state index contributed by atoms with van der Waals surface area (Å²) in [6.45, 7) is 0.120. The topological polar surface area (TPSA) is 80.0 Å². The number of carbonyl (C=O) groups excluding carboxylic acids is 1. The fourth-order valence-electron chi connectivity index (χ4n) is 1.92. The first-order valence-electron chi connectivity index (χ1n) is 6.69. The molecular weight excluding hydrogens is 300 g/mol. The van der Waals surface area contributed by atoms with Crippen molar-refractivity contribution in [3.63, 3.8) is 0 Å².